The number of methoxy groups -OCH3 is 2. The van der Waals surface area contributed by atoms with Crippen LogP contribution in [0.3, 0.4) is 0 Å². The molecule has 5 heteroatoms. The maximum Gasteiger partial charge on any atom is 0.134 e. The van der Waals surface area contributed by atoms with Gasteiger partial charge in [-0.15, -0.1) is 0 Å². The zero-order valence-electron chi connectivity index (χ0n) is 17.2. The van der Waals surface area contributed by atoms with Crippen LogP contribution in [-0.4, -0.2) is 42.5 Å². The van der Waals surface area contributed by atoms with Crippen molar-refractivity contribution in [2.24, 2.45) is 11.8 Å². The number of nitrogens with zero attached hydrogens (tertiary/aromatic N) is 2. The van der Waals surface area contributed by atoms with Crippen LogP contribution in [0.4, 0.5) is 0 Å². The monoisotopic (exact) mass is 384 g/mol. The average Bonchev–Trinajstić information content (AvgIpc) is 3.60. The Morgan fingerprint density at radius 3 is 1.89 bits per heavy atom. The maximum absolute atomic E-state index is 9.26. The molecular weight excluding hydrogens is 352 g/mol. The van der Waals surface area contributed by atoms with Gasteiger partial charge in [0.15, 0.2) is 0 Å². The minimum absolute atomic E-state index is 0.264. The van der Waals surface area contributed by atoms with Gasteiger partial charge in [-0.3, -0.25) is 9.97 Å². The van der Waals surface area contributed by atoms with Crippen LogP contribution >= 0.6 is 0 Å². The van der Waals surface area contributed by atoms with Crippen molar-refractivity contribution in [3.05, 3.63) is 53.6 Å². The van der Waals surface area contributed by atoms with Gasteiger partial charge in [-0.25, -0.2) is 0 Å². The van der Waals surface area contributed by atoms with Gasteiger partial charge in [0, 0.05) is 46.0 Å². The van der Waals surface area contributed by atoms with Crippen molar-refractivity contribution in [1.29, 1.82) is 0 Å². The molecule has 0 aliphatic heterocycles. The van der Waals surface area contributed by atoms with E-state index in [1.807, 2.05) is 24.7 Å². The maximum atomic E-state index is 9.26. The topological polar surface area (TPSA) is 64.5 Å². The number of aromatic hydroxyl groups is 1. The molecule has 0 radical (unpaired) electrons. The first-order valence-corrected chi connectivity index (χ1v) is 10.2. The van der Waals surface area contributed by atoms with Gasteiger partial charge in [0.25, 0.3) is 0 Å². The summed E-state index contributed by atoms with van der Waals surface area (Å²) in [4.78, 5) is 8.21. The second-order valence-electron chi connectivity index (χ2n) is 8.04. The van der Waals surface area contributed by atoms with Crippen LogP contribution < -0.4 is 0 Å². The van der Waals surface area contributed by atoms with Crippen LogP contribution in [0.5, 0.6) is 5.75 Å². The van der Waals surface area contributed by atoms with E-state index in [1.54, 1.807) is 14.2 Å². The lowest BCUT2D eigenvalue weighted by molar-refractivity contribution is 0.189. The first-order chi connectivity index (χ1) is 13.6. The fourth-order valence-electron chi connectivity index (χ4n) is 3.92. The second-order valence-corrected chi connectivity index (χ2v) is 8.04. The number of aryl methyl sites for hydroxylation is 1. The smallest absolute Gasteiger partial charge is 0.134 e. The third-order valence-electron chi connectivity index (χ3n) is 5.73. The van der Waals surface area contributed by atoms with E-state index in [4.69, 9.17) is 9.47 Å². The average molecular weight is 385 g/mol. The number of rotatable bonds is 8. The Morgan fingerprint density at radius 2 is 1.39 bits per heavy atom. The first kappa shape index (κ1) is 20.7. The molecule has 0 bridgehead atoms. The highest BCUT2D eigenvalue weighted by molar-refractivity contribution is 5.29. The van der Waals surface area contributed by atoms with Crippen molar-refractivity contribution < 1.29 is 14.6 Å². The third kappa shape index (κ3) is 6.01. The summed E-state index contributed by atoms with van der Waals surface area (Å²) in [7, 11) is 3.50. The van der Waals surface area contributed by atoms with Crippen LogP contribution in [0.1, 0.15) is 54.2 Å². The summed E-state index contributed by atoms with van der Waals surface area (Å²) in [5.74, 6) is 3.15. The van der Waals surface area contributed by atoms with Gasteiger partial charge in [0.2, 0.25) is 0 Å². The Bertz CT molecular complexity index is 689. The van der Waals surface area contributed by atoms with Crippen LogP contribution in [-0.2, 0) is 9.47 Å². The van der Waals surface area contributed by atoms with E-state index >= 15 is 0 Å². The number of hydrogen-bond acceptors (Lipinski definition) is 5. The molecule has 0 unspecified atom stereocenters. The van der Waals surface area contributed by atoms with E-state index in [2.05, 4.69) is 23.0 Å². The van der Waals surface area contributed by atoms with Crippen molar-refractivity contribution in [1.82, 2.24) is 9.97 Å². The molecule has 2 fully saturated rings. The molecule has 0 aromatic carbocycles. The molecule has 1 N–H and O–H groups in total. The molecule has 2 heterocycles. The molecule has 5 nitrogen and oxygen atoms in total. The van der Waals surface area contributed by atoms with E-state index in [9.17, 15) is 5.11 Å². The van der Waals surface area contributed by atoms with Gasteiger partial charge in [-0.05, 0) is 79.0 Å². The van der Waals surface area contributed by atoms with Crippen LogP contribution in [0.25, 0.3) is 0 Å². The van der Waals surface area contributed by atoms with Crippen LogP contribution in [0, 0.1) is 18.8 Å². The molecule has 4 atom stereocenters. The molecule has 2 aromatic rings. The fourth-order valence-corrected chi connectivity index (χ4v) is 3.92. The number of ether oxygens (including phenoxy) is 2. The molecule has 0 saturated heterocycles. The molecule has 0 amide bonds. The predicted molar refractivity (Wildman–Crippen MR) is 110 cm³/mol. The number of aromatic nitrogens is 2. The zero-order valence-corrected chi connectivity index (χ0v) is 17.2. The fraction of sp³-hybridized carbons (Fsp3) is 0.565. The summed E-state index contributed by atoms with van der Waals surface area (Å²) >= 11 is 0. The summed E-state index contributed by atoms with van der Waals surface area (Å²) < 4.78 is 10.1. The summed E-state index contributed by atoms with van der Waals surface area (Å²) in [5, 5.41) is 9.26. The Labute approximate surface area is 168 Å². The van der Waals surface area contributed by atoms with Gasteiger partial charge in [0.1, 0.15) is 5.75 Å². The molecular formula is C23H32N2O3. The molecule has 2 aromatic heterocycles. The Balaban J connectivity index is 0.000000161. The van der Waals surface area contributed by atoms with Gasteiger partial charge in [-0.1, -0.05) is 6.07 Å². The lowest BCUT2D eigenvalue weighted by Gasteiger charge is -2.01. The zero-order chi connectivity index (χ0) is 19.9. The minimum atomic E-state index is 0.264. The van der Waals surface area contributed by atoms with Crippen molar-refractivity contribution in [2.45, 2.75) is 44.4 Å². The highest BCUT2D eigenvalue weighted by atomic mass is 16.5. The molecule has 0 spiro atoms. The van der Waals surface area contributed by atoms with Gasteiger partial charge >= 0.3 is 0 Å². The number of hydrogen-bond donors (Lipinski definition) is 1. The Kier molecular flexibility index (Phi) is 7.40. The lowest BCUT2D eigenvalue weighted by Crippen LogP contribution is -1.92. The number of pyridine rings is 2. The van der Waals surface area contributed by atoms with Crippen LogP contribution in [0.2, 0.25) is 0 Å². The van der Waals surface area contributed by atoms with Gasteiger partial charge < -0.3 is 14.6 Å². The molecule has 4 rings (SSSR count). The highest BCUT2D eigenvalue weighted by Crippen LogP contribution is 2.50. The standard InChI is InChI=1S/C12H17NO.C11H15NO2/c1-9-5-11(8-13-7-9)12-6-10(12)3-4-14-2;1-14-3-2-8-5-11(8)9-4-10(13)7-12-6-9/h5,7-8,10,12H,3-4,6H2,1-2H3;4,6-8,11,13H,2-3,5H2,1H3/t10-,12-;8-,11-/m00/s1. The minimum Gasteiger partial charge on any atom is -0.506 e. The predicted octanol–water partition coefficient (Wildman–Crippen LogP) is 4.46. The molecule has 2 aliphatic rings. The summed E-state index contributed by atoms with van der Waals surface area (Å²) in [5.41, 5.74) is 3.83. The molecule has 2 aliphatic carbocycles. The molecule has 2 saturated carbocycles. The third-order valence-corrected chi connectivity index (χ3v) is 5.73. The van der Waals surface area contributed by atoms with E-state index in [1.165, 1.54) is 36.6 Å². The quantitative estimate of drug-likeness (QED) is 0.728. The van der Waals surface area contributed by atoms with E-state index in [0.29, 0.717) is 5.92 Å². The normalized spacial score (nSPS) is 25.0. The van der Waals surface area contributed by atoms with Crippen molar-refractivity contribution in [3.63, 3.8) is 0 Å². The van der Waals surface area contributed by atoms with Gasteiger partial charge in [0.05, 0.1) is 6.20 Å². The largest absolute Gasteiger partial charge is 0.506 e. The van der Waals surface area contributed by atoms with Gasteiger partial charge in [-0.2, -0.15) is 0 Å². The van der Waals surface area contributed by atoms with E-state index in [0.717, 1.165) is 43.0 Å². The SMILES string of the molecule is COCC[C@H]1C[C@@H]1c1cncc(C)c1.COCC[C@H]1C[C@@H]1c1cncc(O)c1. The van der Waals surface area contributed by atoms with E-state index in [-0.39, 0.29) is 5.75 Å². The Hall–Kier alpha value is -1.98. The second kappa shape index (κ2) is 9.99. The molecule has 152 valence electrons. The van der Waals surface area contributed by atoms with Crippen molar-refractivity contribution >= 4 is 0 Å². The van der Waals surface area contributed by atoms with Crippen LogP contribution in [0.15, 0.2) is 36.9 Å². The molecule has 28 heavy (non-hydrogen) atoms. The lowest BCUT2D eigenvalue weighted by atomic mass is 10.1. The summed E-state index contributed by atoms with van der Waals surface area (Å²) in [6.07, 6.45) is 12.0. The Morgan fingerprint density at radius 1 is 0.857 bits per heavy atom. The first-order valence-electron chi connectivity index (χ1n) is 10.2. The highest BCUT2D eigenvalue weighted by Gasteiger charge is 2.38. The van der Waals surface area contributed by atoms with Crippen molar-refractivity contribution in [2.75, 3.05) is 27.4 Å². The summed E-state index contributed by atoms with van der Waals surface area (Å²) in [6, 6.07) is 4.06. The van der Waals surface area contributed by atoms with Crippen molar-refractivity contribution in [3.8, 4) is 5.75 Å². The van der Waals surface area contributed by atoms with E-state index < -0.39 is 0 Å². The summed E-state index contributed by atoms with van der Waals surface area (Å²) in [6.45, 7) is 3.82.